The molecule has 0 unspecified atom stereocenters. The third-order valence-electron chi connectivity index (χ3n) is 5.37. The van der Waals surface area contributed by atoms with Crippen molar-refractivity contribution in [3.05, 3.63) is 34.6 Å². The number of nitrogens with zero attached hydrogens (tertiary/aromatic N) is 3. The van der Waals surface area contributed by atoms with Crippen molar-refractivity contribution in [1.82, 2.24) is 4.90 Å². The maximum absolute atomic E-state index is 12.9. The van der Waals surface area contributed by atoms with E-state index in [-0.39, 0.29) is 18.0 Å². The highest BCUT2D eigenvalue weighted by atomic mass is 16.5. The Kier molecular flexibility index (Phi) is 4.70. The summed E-state index contributed by atoms with van der Waals surface area (Å²) >= 11 is 0. The molecule has 3 aliphatic heterocycles. The van der Waals surface area contributed by atoms with E-state index in [0.717, 1.165) is 18.4 Å². The molecule has 1 aromatic carbocycles. The van der Waals surface area contributed by atoms with E-state index in [1.54, 1.807) is 4.90 Å². The largest absolute Gasteiger partial charge is 0.420 e. The summed E-state index contributed by atoms with van der Waals surface area (Å²) in [6.45, 7) is 10.3. The van der Waals surface area contributed by atoms with Crippen LogP contribution in [0.3, 0.4) is 0 Å². The average molecular weight is 367 g/mol. The van der Waals surface area contributed by atoms with Gasteiger partial charge in [0, 0.05) is 30.9 Å². The molecule has 0 saturated carbocycles. The highest BCUT2D eigenvalue weighted by molar-refractivity contribution is 6.11. The third kappa shape index (κ3) is 3.35. The second kappa shape index (κ2) is 7.02. The Hall–Kier alpha value is -2.30. The van der Waals surface area contributed by atoms with E-state index < -0.39 is 0 Å². The molecule has 0 atom stereocenters. The van der Waals surface area contributed by atoms with Crippen LogP contribution in [-0.2, 0) is 22.4 Å². The van der Waals surface area contributed by atoms with Gasteiger partial charge in [-0.05, 0) is 88.3 Å². The van der Waals surface area contributed by atoms with E-state index in [4.69, 9.17) is 4.74 Å². The number of anilines is 1. The summed E-state index contributed by atoms with van der Waals surface area (Å²) in [6.07, 6.45) is 6.53. The maximum Gasteiger partial charge on any atom is 0.300 e. The highest BCUT2D eigenvalue weighted by Gasteiger charge is 2.37. The SMILES string of the molecule is CC(C)N=C1OC(=Cc2cc3c4c(c2)CCCN4CCC3)C(=O)N1C(C)C. The van der Waals surface area contributed by atoms with Crippen LogP contribution < -0.4 is 4.90 Å². The number of benzene rings is 1. The van der Waals surface area contributed by atoms with Crippen molar-refractivity contribution in [3.63, 3.8) is 0 Å². The Labute approximate surface area is 161 Å². The molecule has 0 spiro atoms. The number of carbonyl (C=O) groups is 1. The molecular formula is C22H29N3O2. The van der Waals surface area contributed by atoms with Crippen LogP contribution in [0.2, 0.25) is 0 Å². The molecule has 3 heterocycles. The zero-order valence-electron chi connectivity index (χ0n) is 16.8. The summed E-state index contributed by atoms with van der Waals surface area (Å²) < 4.78 is 5.89. The molecule has 144 valence electrons. The van der Waals surface area contributed by atoms with Gasteiger partial charge in [0.1, 0.15) is 0 Å². The molecule has 5 heteroatoms. The van der Waals surface area contributed by atoms with Crippen LogP contribution in [0, 0.1) is 0 Å². The quantitative estimate of drug-likeness (QED) is 0.764. The topological polar surface area (TPSA) is 45.1 Å². The zero-order chi connectivity index (χ0) is 19.1. The van der Waals surface area contributed by atoms with Crippen molar-refractivity contribution in [2.75, 3.05) is 18.0 Å². The van der Waals surface area contributed by atoms with Crippen LogP contribution in [0.1, 0.15) is 57.2 Å². The molecule has 0 bridgehead atoms. The predicted octanol–water partition coefficient (Wildman–Crippen LogP) is 3.76. The lowest BCUT2D eigenvalue weighted by Crippen LogP contribution is -2.36. The lowest BCUT2D eigenvalue weighted by molar-refractivity contribution is -0.123. The minimum absolute atomic E-state index is 0.0131. The van der Waals surface area contributed by atoms with Gasteiger partial charge < -0.3 is 9.64 Å². The molecule has 0 radical (unpaired) electrons. The van der Waals surface area contributed by atoms with Crippen molar-refractivity contribution < 1.29 is 9.53 Å². The van der Waals surface area contributed by atoms with Crippen molar-refractivity contribution in [1.29, 1.82) is 0 Å². The fourth-order valence-electron chi connectivity index (χ4n) is 4.32. The first-order chi connectivity index (χ1) is 12.9. The Morgan fingerprint density at radius 1 is 1.07 bits per heavy atom. The second-order valence-electron chi connectivity index (χ2n) is 8.27. The lowest BCUT2D eigenvalue weighted by Gasteiger charge is -2.37. The number of ether oxygens (including phenoxy) is 1. The smallest absolute Gasteiger partial charge is 0.300 e. The number of hydrogen-bond acceptors (Lipinski definition) is 4. The van der Waals surface area contributed by atoms with Gasteiger partial charge in [-0.2, -0.15) is 0 Å². The zero-order valence-corrected chi connectivity index (χ0v) is 16.8. The summed E-state index contributed by atoms with van der Waals surface area (Å²) in [5, 5.41) is 0. The van der Waals surface area contributed by atoms with Gasteiger partial charge >= 0.3 is 6.02 Å². The van der Waals surface area contributed by atoms with Gasteiger partial charge in [0.05, 0.1) is 0 Å². The minimum atomic E-state index is -0.0996. The lowest BCUT2D eigenvalue weighted by atomic mass is 9.90. The second-order valence-corrected chi connectivity index (χ2v) is 8.27. The van der Waals surface area contributed by atoms with E-state index >= 15 is 0 Å². The number of amides is 1. The Morgan fingerprint density at radius 3 is 2.26 bits per heavy atom. The van der Waals surface area contributed by atoms with E-state index in [2.05, 4.69) is 22.0 Å². The molecular weight excluding hydrogens is 338 g/mol. The van der Waals surface area contributed by atoms with E-state index in [9.17, 15) is 4.79 Å². The van der Waals surface area contributed by atoms with Crippen LogP contribution in [-0.4, -0.2) is 42.0 Å². The summed E-state index contributed by atoms with van der Waals surface area (Å²) in [5.41, 5.74) is 5.32. The number of carbonyl (C=O) groups excluding carboxylic acids is 1. The molecule has 1 amide bonds. The maximum atomic E-state index is 12.9. The van der Waals surface area contributed by atoms with E-state index in [1.807, 2.05) is 33.8 Å². The van der Waals surface area contributed by atoms with Gasteiger partial charge in [-0.1, -0.05) is 0 Å². The van der Waals surface area contributed by atoms with Gasteiger partial charge in [0.2, 0.25) is 0 Å². The molecule has 1 fully saturated rings. The first-order valence-electron chi connectivity index (χ1n) is 10.2. The molecule has 0 N–H and O–H groups in total. The summed E-state index contributed by atoms with van der Waals surface area (Å²) in [5.74, 6) is 0.274. The normalized spacial score (nSPS) is 22.2. The van der Waals surface area contributed by atoms with Crippen molar-refractivity contribution in [3.8, 4) is 0 Å². The minimum Gasteiger partial charge on any atom is -0.420 e. The van der Waals surface area contributed by atoms with Crippen LogP contribution in [0.4, 0.5) is 5.69 Å². The summed E-state index contributed by atoms with van der Waals surface area (Å²) in [4.78, 5) is 21.6. The Balaban J connectivity index is 1.71. The fraction of sp³-hybridized carbons (Fsp3) is 0.545. The van der Waals surface area contributed by atoms with Gasteiger partial charge in [-0.25, -0.2) is 4.99 Å². The molecule has 0 aromatic heterocycles. The Bertz CT molecular complexity index is 792. The first-order valence-corrected chi connectivity index (χ1v) is 10.2. The number of rotatable bonds is 3. The van der Waals surface area contributed by atoms with Gasteiger partial charge in [-0.3, -0.25) is 9.69 Å². The monoisotopic (exact) mass is 367 g/mol. The predicted molar refractivity (Wildman–Crippen MR) is 109 cm³/mol. The van der Waals surface area contributed by atoms with Crippen molar-refractivity contribution >= 4 is 23.7 Å². The molecule has 5 nitrogen and oxygen atoms in total. The molecule has 27 heavy (non-hydrogen) atoms. The molecule has 4 rings (SSSR count). The van der Waals surface area contributed by atoms with Crippen LogP contribution in [0.5, 0.6) is 0 Å². The van der Waals surface area contributed by atoms with Gasteiger partial charge in [0.25, 0.3) is 5.91 Å². The van der Waals surface area contributed by atoms with Crippen LogP contribution >= 0.6 is 0 Å². The van der Waals surface area contributed by atoms with Crippen LogP contribution in [0.25, 0.3) is 6.08 Å². The number of aryl methyl sites for hydroxylation is 2. The highest BCUT2D eigenvalue weighted by Crippen LogP contribution is 2.36. The number of hydrogen-bond donors (Lipinski definition) is 0. The van der Waals surface area contributed by atoms with Crippen molar-refractivity contribution in [2.24, 2.45) is 4.99 Å². The first kappa shape index (κ1) is 18.1. The molecule has 1 aromatic rings. The standard InChI is InChI=1S/C22H29N3O2/c1-14(2)23-22-25(15(3)4)21(26)19(27-22)13-16-11-17-7-5-9-24-10-6-8-18(12-16)20(17)24/h11-15H,5-10H2,1-4H3. The van der Waals surface area contributed by atoms with Crippen LogP contribution in [0.15, 0.2) is 22.9 Å². The average Bonchev–Trinajstić information content (AvgIpc) is 2.90. The molecule has 1 saturated heterocycles. The fourth-order valence-corrected chi connectivity index (χ4v) is 4.32. The number of aliphatic imine (C=N–C) groups is 1. The van der Waals surface area contributed by atoms with E-state index in [1.165, 1.54) is 42.7 Å². The summed E-state index contributed by atoms with van der Waals surface area (Å²) in [7, 11) is 0. The number of amidine groups is 1. The third-order valence-corrected chi connectivity index (χ3v) is 5.37. The van der Waals surface area contributed by atoms with Gasteiger partial charge in [0.15, 0.2) is 5.76 Å². The van der Waals surface area contributed by atoms with Gasteiger partial charge in [-0.15, -0.1) is 0 Å². The summed E-state index contributed by atoms with van der Waals surface area (Å²) in [6, 6.07) is 4.97. The Morgan fingerprint density at radius 2 is 1.70 bits per heavy atom. The van der Waals surface area contributed by atoms with E-state index in [0.29, 0.717) is 11.8 Å². The van der Waals surface area contributed by atoms with Crippen molar-refractivity contribution in [2.45, 2.75) is 65.5 Å². The molecule has 3 aliphatic rings. The molecule has 0 aliphatic carbocycles.